The van der Waals surface area contributed by atoms with Gasteiger partial charge in [-0.15, -0.1) is 37.7 Å². The number of anilines is 2. The number of ether oxygens (including phenoxy) is 2. The Kier molecular flexibility index (Phi) is 6.81. The molecule has 3 aromatic rings. The lowest BCUT2D eigenvalue weighted by atomic mass is 10.3. The molecule has 2 N–H and O–H groups in total. The summed E-state index contributed by atoms with van der Waals surface area (Å²) >= 11 is 0.839. The van der Waals surface area contributed by atoms with Crippen LogP contribution in [0.15, 0.2) is 60.7 Å². The van der Waals surface area contributed by atoms with Crippen molar-refractivity contribution in [2.24, 2.45) is 0 Å². The molecule has 0 radical (unpaired) electrons. The van der Waals surface area contributed by atoms with Gasteiger partial charge in [0.1, 0.15) is 11.5 Å². The summed E-state index contributed by atoms with van der Waals surface area (Å²) in [4.78, 5) is 24.9. The number of alkyl halides is 6. The lowest BCUT2D eigenvalue weighted by Crippen LogP contribution is -2.17. The Morgan fingerprint density at radius 1 is 0.606 bits per heavy atom. The molecule has 33 heavy (non-hydrogen) atoms. The van der Waals surface area contributed by atoms with E-state index in [-0.39, 0.29) is 21.1 Å². The molecular weight excluding hydrogens is 478 g/mol. The van der Waals surface area contributed by atoms with Crippen LogP contribution in [0.3, 0.4) is 0 Å². The summed E-state index contributed by atoms with van der Waals surface area (Å²) in [7, 11) is 0. The first kappa shape index (κ1) is 23.9. The molecule has 0 saturated carbocycles. The second kappa shape index (κ2) is 9.40. The van der Waals surface area contributed by atoms with Gasteiger partial charge in [0.05, 0.1) is 9.75 Å². The predicted octanol–water partition coefficient (Wildman–Crippen LogP) is 6.05. The number of carbonyl (C=O) groups is 2. The Morgan fingerprint density at radius 2 is 0.939 bits per heavy atom. The molecule has 0 bridgehead atoms. The summed E-state index contributed by atoms with van der Waals surface area (Å²) in [5.74, 6) is -2.10. The van der Waals surface area contributed by atoms with Gasteiger partial charge in [0, 0.05) is 11.4 Å². The van der Waals surface area contributed by atoms with E-state index in [0.717, 1.165) is 35.6 Å². The van der Waals surface area contributed by atoms with Crippen molar-refractivity contribution in [2.75, 3.05) is 10.6 Å². The highest BCUT2D eigenvalue weighted by molar-refractivity contribution is 7.16. The van der Waals surface area contributed by atoms with Crippen molar-refractivity contribution in [1.29, 1.82) is 0 Å². The third kappa shape index (κ3) is 7.42. The van der Waals surface area contributed by atoms with E-state index < -0.39 is 36.0 Å². The third-order valence-electron chi connectivity index (χ3n) is 3.75. The van der Waals surface area contributed by atoms with Gasteiger partial charge in [0.2, 0.25) is 0 Å². The van der Waals surface area contributed by atoms with Crippen molar-refractivity contribution in [2.45, 2.75) is 12.7 Å². The number of hydrogen-bond donors (Lipinski definition) is 2. The average Bonchev–Trinajstić information content (AvgIpc) is 3.19. The van der Waals surface area contributed by atoms with Crippen LogP contribution in [0.4, 0.5) is 37.7 Å². The van der Waals surface area contributed by atoms with E-state index in [9.17, 15) is 35.9 Å². The van der Waals surface area contributed by atoms with E-state index in [4.69, 9.17) is 0 Å². The number of rotatable bonds is 6. The number of thiophene rings is 1. The van der Waals surface area contributed by atoms with Crippen molar-refractivity contribution in [1.82, 2.24) is 0 Å². The largest absolute Gasteiger partial charge is 0.573 e. The third-order valence-corrected chi connectivity index (χ3v) is 4.83. The molecule has 3 rings (SSSR count). The minimum Gasteiger partial charge on any atom is -0.406 e. The molecule has 174 valence electrons. The molecule has 1 heterocycles. The van der Waals surface area contributed by atoms with Crippen LogP contribution in [-0.4, -0.2) is 24.5 Å². The highest BCUT2D eigenvalue weighted by Crippen LogP contribution is 2.26. The fraction of sp³-hybridized carbons (Fsp3) is 0.100. The molecule has 0 aliphatic carbocycles. The quantitative estimate of drug-likeness (QED) is 0.413. The summed E-state index contributed by atoms with van der Waals surface area (Å²) in [5.41, 5.74) is 0.408. The number of carbonyl (C=O) groups excluding carboxylic acids is 2. The van der Waals surface area contributed by atoms with E-state index in [1.165, 1.54) is 36.4 Å². The molecule has 1 aromatic heterocycles. The van der Waals surface area contributed by atoms with Crippen molar-refractivity contribution in [3.05, 3.63) is 70.4 Å². The van der Waals surface area contributed by atoms with Gasteiger partial charge in [-0.1, -0.05) is 0 Å². The first-order chi connectivity index (χ1) is 15.4. The predicted molar refractivity (Wildman–Crippen MR) is 106 cm³/mol. The van der Waals surface area contributed by atoms with Crippen LogP contribution in [0.2, 0.25) is 0 Å². The van der Waals surface area contributed by atoms with E-state index >= 15 is 0 Å². The van der Waals surface area contributed by atoms with E-state index in [1.807, 2.05) is 0 Å². The van der Waals surface area contributed by atoms with Crippen molar-refractivity contribution >= 4 is 34.5 Å². The zero-order valence-electron chi connectivity index (χ0n) is 16.1. The average molecular weight is 490 g/mol. The van der Waals surface area contributed by atoms with Gasteiger partial charge in [0.25, 0.3) is 11.8 Å². The molecule has 6 nitrogen and oxygen atoms in total. The second-order valence-corrected chi connectivity index (χ2v) is 7.30. The highest BCUT2D eigenvalue weighted by atomic mass is 32.1. The molecule has 2 aromatic carbocycles. The molecule has 0 fully saturated rings. The minimum atomic E-state index is -4.84. The van der Waals surface area contributed by atoms with E-state index in [1.54, 1.807) is 0 Å². The number of hydrogen-bond acceptors (Lipinski definition) is 5. The molecular formula is C20H12F6N2O4S. The Hall–Kier alpha value is -3.74. The molecule has 0 saturated heterocycles. The topological polar surface area (TPSA) is 76.7 Å². The number of nitrogens with one attached hydrogen (secondary N) is 2. The standard InChI is InChI=1S/C20H12F6N2O4S/c21-19(22,23)31-13-5-1-11(2-6-13)27-17(29)15-9-10-16(33-15)18(30)28-12-3-7-14(8-4-12)32-20(24,25)26/h1-10H,(H,27,29)(H,28,30). The lowest BCUT2D eigenvalue weighted by Gasteiger charge is -2.09. The molecule has 0 aliphatic heterocycles. The van der Waals surface area contributed by atoms with Crippen LogP contribution in [0.25, 0.3) is 0 Å². The molecule has 0 aliphatic rings. The van der Waals surface area contributed by atoms with Gasteiger partial charge in [-0.25, -0.2) is 0 Å². The maximum absolute atomic E-state index is 12.3. The zero-order valence-corrected chi connectivity index (χ0v) is 16.9. The summed E-state index contributed by atoms with van der Waals surface area (Å²) in [6, 6.07) is 11.7. The van der Waals surface area contributed by atoms with Crippen LogP contribution in [-0.2, 0) is 0 Å². The lowest BCUT2D eigenvalue weighted by molar-refractivity contribution is -0.275. The van der Waals surface area contributed by atoms with Crippen molar-refractivity contribution in [3.8, 4) is 11.5 Å². The SMILES string of the molecule is O=C(Nc1ccc(OC(F)(F)F)cc1)c1ccc(C(=O)Nc2ccc(OC(F)(F)F)cc2)s1. The van der Waals surface area contributed by atoms with Gasteiger partial charge in [-0.05, 0) is 60.7 Å². The summed E-state index contributed by atoms with van der Waals surface area (Å²) in [5, 5.41) is 4.94. The Morgan fingerprint density at radius 3 is 1.24 bits per heavy atom. The van der Waals surface area contributed by atoms with E-state index in [0.29, 0.717) is 0 Å². The number of amides is 2. The summed E-state index contributed by atoms with van der Waals surface area (Å²) < 4.78 is 80.6. The second-order valence-electron chi connectivity index (χ2n) is 6.22. The van der Waals surface area contributed by atoms with Gasteiger partial charge < -0.3 is 20.1 Å². The maximum atomic E-state index is 12.3. The van der Waals surface area contributed by atoms with Gasteiger partial charge in [-0.3, -0.25) is 9.59 Å². The Bertz CT molecular complexity index is 1040. The van der Waals surface area contributed by atoms with Crippen molar-refractivity contribution in [3.63, 3.8) is 0 Å². The van der Waals surface area contributed by atoms with Gasteiger partial charge in [-0.2, -0.15) is 0 Å². The first-order valence-electron chi connectivity index (χ1n) is 8.82. The Balaban J connectivity index is 1.58. The molecule has 0 atom stereocenters. The normalized spacial score (nSPS) is 11.6. The molecule has 13 heteroatoms. The summed E-state index contributed by atoms with van der Waals surface area (Å²) in [6.07, 6.45) is -9.67. The first-order valence-corrected chi connectivity index (χ1v) is 9.64. The van der Waals surface area contributed by atoms with Crippen LogP contribution in [0.5, 0.6) is 11.5 Å². The van der Waals surface area contributed by atoms with Gasteiger partial charge in [0.15, 0.2) is 0 Å². The monoisotopic (exact) mass is 490 g/mol. The minimum absolute atomic E-state index is 0.143. The number of halogens is 6. The maximum Gasteiger partial charge on any atom is 0.573 e. The van der Waals surface area contributed by atoms with E-state index in [2.05, 4.69) is 20.1 Å². The van der Waals surface area contributed by atoms with Crippen molar-refractivity contribution < 1.29 is 45.4 Å². The van der Waals surface area contributed by atoms with Crippen LogP contribution in [0, 0.1) is 0 Å². The Labute approximate surface area is 185 Å². The van der Waals surface area contributed by atoms with Crippen LogP contribution in [0.1, 0.15) is 19.3 Å². The molecule has 2 amide bonds. The fourth-order valence-corrected chi connectivity index (χ4v) is 3.24. The number of benzene rings is 2. The molecule has 0 unspecified atom stereocenters. The summed E-state index contributed by atoms with van der Waals surface area (Å²) in [6.45, 7) is 0. The molecule has 0 spiro atoms. The van der Waals surface area contributed by atoms with Crippen LogP contribution < -0.4 is 20.1 Å². The fourth-order valence-electron chi connectivity index (χ4n) is 2.45. The van der Waals surface area contributed by atoms with Crippen LogP contribution >= 0.6 is 11.3 Å². The highest BCUT2D eigenvalue weighted by Gasteiger charge is 2.31. The zero-order chi connectivity index (χ0) is 24.2. The van der Waals surface area contributed by atoms with Gasteiger partial charge >= 0.3 is 12.7 Å². The smallest absolute Gasteiger partial charge is 0.406 e.